The maximum atomic E-state index is 13.4. The summed E-state index contributed by atoms with van der Waals surface area (Å²) in [5, 5.41) is 9.44. The quantitative estimate of drug-likeness (QED) is 0.600. The number of rotatable bonds is 10. The molecule has 1 aromatic carbocycles. The average molecular weight is 421 g/mol. The Balaban J connectivity index is 1.80. The van der Waals surface area contributed by atoms with Crippen molar-refractivity contribution in [2.45, 2.75) is 44.3 Å². The van der Waals surface area contributed by atoms with Crippen molar-refractivity contribution >= 4 is 17.7 Å². The average Bonchev–Trinajstić information content (AvgIpc) is 3.42. The highest BCUT2D eigenvalue weighted by Gasteiger charge is 2.27. The lowest BCUT2D eigenvalue weighted by molar-refractivity contribution is -0.890. The van der Waals surface area contributed by atoms with Gasteiger partial charge in [-0.2, -0.15) is 0 Å². The van der Waals surface area contributed by atoms with Crippen LogP contribution in [0.4, 0.5) is 4.39 Å². The molecule has 0 saturated heterocycles. The molecule has 1 fully saturated rings. The maximum Gasteiger partial charge on any atom is 0.233 e. The van der Waals surface area contributed by atoms with Crippen molar-refractivity contribution < 1.29 is 14.1 Å². The second-order valence-corrected chi connectivity index (χ2v) is 8.97. The predicted molar refractivity (Wildman–Crippen MR) is 113 cm³/mol. The van der Waals surface area contributed by atoms with Crippen LogP contribution in [0.1, 0.15) is 45.0 Å². The van der Waals surface area contributed by atoms with Gasteiger partial charge in [-0.15, -0.1) is 10.2 Å². The molecule has 1 heterocycles. The number of halogens is 1. The summed E-state index contributed by atoms with van der Waals surface area (Å²) in [6.45, 7) is 5.84. The van der Waals surface area contributed by atoms with E-state index in [0.29, 0.717) is 16.8 Å². The Morgan fingerprint density at radius 2 is 2.00 bits per heavy atom. The minimum Gasteiger partial charge on any atom is -0.342 e. The van der Waals surface area contributed by atoms with Gasteiger partial charge in [-0.3, -0.25) is 9.36 Å². The van der Waals surface area contributed by atoms with Gasteiger partial charge in [-0.05, 0) is 56.4 Å². The SMILES string of the molecule is CCCN(CC1CC1)C(=O)CSc1nnc([C@@H](C)[NH+](C)C)n1-c1ccc(F)cc1. The molecule has 1 aliphatic rings. The lowest BCUT2D eigenvalue weighted by Crippen LogP contribution is -3.05. The van der Waals surface area contributed by atoms with Gasteiger partial charge in [-0.1, -0.05) is 18.7 Å². The highest BCUT2D eigenvalue weighted by atomic mass is 32.2. The first kappa shape index (κ1) is 21.8. The molecule has 3 rings (SSSR count). The molecular formula is C21H31FN5OS+. The van der Waals surface area contributed by atoms with E-state index in [0.717, 1.165) is 31.0 Å². The minimum atomic E-state index is -0.283. The van der Waals surface area contributed by atoms with Crippen molar-refractivity contribution in [2.24, 2.45) is 5.92 Å². The first-order valence-electron chi connectivity index (χ1n) is 10.3. The molecule has 0 spiro atoms. The number of carbonyl (C=O) groups is 1. The van der Waals surface area contributed by atoms with Gasteiger partial charge in [0, 0.05) is 18.8 Å². The molecule has 1 amide bonds. The fraction of sp³-hybridized carbons (Fsp3) is 0.571. The zero-order chi connectivity index (χ0) is 21.0. The molecule has 1 aliphatic carbocycles. The van der Waals surface area contributed by atoms with Crippen LogP contribution in [0, 0.1) is 11.7 Å². The first-order chi connectivity index (χ1) is 13.9. The molecule has 1 N–H and O–H groups in total. The summed E-state index contributed by atoms with van der Waals surface area (Å²) in [6, 6.07) is 6.42. The molecule has 158 valence electrons. The van der Waals surface area contributed by atoms with E-state index in [-0.39, 0.29) is 17.8 Å². The Morgan fingerprint density at radius 3 is 2.59 bits per heavy atom. The van der Waals surface area contributed by atoms with E-state index < -0.39 is 0 Å². The van der Waals surface area contributed by atoms with Crippen LogP contribution in [0.5, 0.6) is 0 Å². The smallest absolute Gasteiger partial charge is 0.233 e. The van der Waals surface area contributed by atoms with Gasteiger partial charge in [0.1, 0.15) is 11.9 Å². The summed E-state index contributed by atoms with van der Waals surface area (Å²) in [4.78, 5) is 16.0. The summed E-state index contributed by atoms with van der Waals surface area (Å²) in [6.07, 6.45) is 3.42. The van der Waals surface area contributed by atoms with E-state index in [1.54, 1.807) is 12.1 Å². The standard InChI is InChI=1S/C21H30FN5OS/c1-5-12-26(13-16-6-7-16)19(28)14-29-21-24-23-20(15(2)25(3)4)27(21)18-10-8-17(22)9-11-18/h8-11,15-16H,5-7,12-14H2,1-4H3/p+1/t15-/m1/s1. The molecule has 0 radical (unpaired) electrons. The summed E-state index contributed by atoms with van der Waals surface area (Å²) in [5.74, 6) is 1.67. The first-order valence-corrected chi connectivity index (χ1v) is 11.3. The molecule has 1 saturated carbocycles. The fourth-order valence-corrected chi connectivity index (χ4v) is 4.03. The van der Waals surface area contributed by atoms with Gasteiger partial charge in [0.15, 0.2) is 11.0 Å². The maximum absolute atomic E-state index is 13.4. The van der Waals surface area contributed by atoms with Crippen molar-refractivity contribution in [3.63, 3.8) is 0 Å². The number of hydrogen-bond donors (Lipinski definition) is 1. The van der Waals surface area contributed by atoms with Gasteiger partial charge >= 0.3 is 0 Å². The van der Waals surface area contributed by atoms with Gasteiger partial charge in [0.05, 0.1) is 19.8 Å². The number of nitrogens with one attached hydrogen (secondary N) is 1. The Hall–Kier alpha value is -1.93. The normalized spacial score (nSPS) is 15.0. The number of amides is 1. The molecule has 29 heavy (non-hydrogen) atoms. The topological polar surface area (TPSA) is 55.5 Å². The van der Waals surface area contributed by atoms with Crippen LogP contribution in [-0.2, 0) is 4.79 Å². The Kier molecular flexibility index (Phi) is 7.29. The van der Waals surface area contributed by atoms with E-state index in [9.17, 15) is 9.18 Å². The van der Waals surface area contributed by atoms with E-state index >= 15 is 0 Å². The number of benzene rings is 1. The largest absolute Gasteiger partial charge is 0.342 e. The van der Waals surface area contributed by atoms with Crippen LogP contribution in [0.15, 0.2) is 29.4 Å². The van der Waals surface area contributed by atoms with Gasteiger partial charge in [-0.25, -0.2) is 4.39 Å². The Morgan fingerprint density at radius 1 is 1.31 bits per heavy atom. The van der Waals surface area contributed by atoms with Crippen LogP contribution in [-0.4, -0.2) is 58.5 Å². The van der Waals surface area contributed by atoms with E-state index in [2.05, 4.69) is 38.1 Å². The predicted octanol–water partition coefficient (Wildman–Crippen LogP) is 2.35. The van der Waals surface area contributed by atoms with E-state index in [1.807, 2.05) is 9.47 Å². The van der Waals surface area contributed by atoms with Crippen LogP contribution >= 0.6 is 11.8 Å². The van der Waals surface area contributed by atoms with Crippen molar-refractivity contribution in [2.75, 3.05) is 32.9 Å². The fourth-order valence-electron chi connectivity index (χ4n) is 3.16. The third-order valence-electron chi connectivity index (χ3n) is 5.34. The zero-order valence-electron chi connectivity index (χ0n) is 17.7. The molecule has 6 nitrogen and oxygen atoms in total. The molecule has 1 atom stereocenters. The number of carbonyl (C=O) groups excluding carboxylic acids is 1. The molecule has 0 bridgehead atoms. The molecule has 2 aromatic rings. The van der Waals surface area contributed by atoms with Crippen molar-refractivity contribution in [3.8, 4) is 5.69 Å². The number of hydrogen-bond acceptors (Lipinski definition) is 4. The Labute approximate surface area is 176 Å². The molecule has 8 heteroatoms. The molecule has 0 unspecified atom stereocenters. The second-order valence-electron chi connectivity index (χ2n) is 8.02. The monoisotopic (exact) mass is 420 g/mol. The van der Waals surface area contributed by atoms with E-state index in [1.165, 1.54) is 41.6 Å². The lowest BCUT2D eigenvalue weighted by atomic mass is 10.2. The summed E-state index contributed by atoms with van der Waals surface area (Å²) in [5.41, 5.74) is 0.804. The second kappa shape index (κ2) is 9.71. The zero-order valence-corrected chi connectivity index (χ0v) is 18.5. The van der Waals surface area contributed by atoms with Crippen molar-refractivity contribution in [3.05, 3.63) is 35.9 Å². The summed E-state index contributed by atoms with van der Waals surface area (Å²) < 4.78 is 15.4. The van der Waals surface area contributed by atoms with Gasteiger partial charge < -0.3 is 9.80 Å². The molecule has 1 aromatic heterocycles. The molecule has 0 aliphatic heterocycles. The lowest BCUT2D eigenvalue weighted by Gasteiger charge is -2.22. The Bertz CT molecular complexity index is 819. The van der Waals surface area contributed by atoms with E-state index in [4.69, 9.17) is 0 Å². The molecular weight excluding hydrogens is 389 g/mol. The minimum absolute atomic E-state index is 0.101. The van der Waals surface area contributed by atoms with Crippen molar-refractivity contribution in [1.82, 2.24) is 19.7 Å². The summed E-state index contributed by atoms with van der Waals surface area (Å²) >= 11 is 1.40. The number of quaternary nitrogens is 1. The van der Waals surface area contributed by atoms with Crippen molar-refractivity contribution in [1.29, 1.82) is 0 Å². The van der Waals surface area contributed by atoms with Crippen LogP contribution in [0.25, 0.3) is 5.69 Å². The third kappa shape index (κ3) is 5.57. The highest BCUT2D eigenvalue weighted by Crippen LogP contribution is 2.30. The van der Waals surface area contributed by atoms with Crippen LogP contribution < -0.4 is 4.90 Å². The highest BCUT2D eigenvalue weighted by molar-refractivity contribution is 7.99. The van der Waals surface area contributed by atoms with Crippen LogP contribution in [0.3, 0.4) is 0 Å². The number of aromatic nitrogens is 3. The number of nitrogens with zero attached hydrogens (tertiary/aromatic N) is 4. The van der Waals surface area contributed by atoms with Gasteiger partial charge in [0.2, 0.25) is 5.91 Å². The number of thioether (sulfide) groups is 1. The van der Waals surface area contributed by atoms with Gasteiger partial charge in [0.25, 0.3) is 0 Å². The third-order valence-corrected chi connectivity index (χ3v) is 6.26. The summed E-state index contributed by atoms with van der Waals surface area (Å²) in [7, 11) is 4.12. The van der Waals surface area contributed by atoms with Crippen LogP contribution in [0.2, 0.25) is 0 Å².